The third kappa shape index (κ3) is 1.56. The first-order valence-corrected chi connectivity index (χ1v) is 5.70. The van der Waals surface area contributed by atoms with Gasteiger partial charge < -0.3 is 9.47 Å². The maximum Gasteiger partial charge on any atom is 0.166 e. The third-order valence-electron chi connectivity index (χ3n) is 3.10. The molecule has 0 atom stereocenters. The molecule has 0 amide bonds. The lowest BCUT2D eigenvalue weighted by Gasteiger charge is -2.20. The molecule has 0 saturated heterocycles. The molecule has 0 unspecified atom stereocenters. The lowest BCUT2D eigenvalue weighted by molar-refractivity contribution is 0.0965. The van der Waals surface area contributed by atoms with Crippen molar-refractivity contribution in [1.82, 2.24) is 0 Å². The lowest BCUT2D eigenvalue weighted by Crippen LogP contribution is -2.16. The fraction of sp³-hybridized carbons (Fsp3) is 0.462. The minimum atomic E-state index is 0.251. The summed E-state index contributed by atoms with van der Waals surface area (Å²) in [5.41, 5.74) is 1.79. The minimum absolute atomic E-state index is 0.251. The van der Waals surface area contributed by atoms with Crippen LogP contribution in [-0.2, 0) is 0 Å². The van der Waals surface area contributed by atoms with Gasteiger partial charge in [0.05, 0.1) is 0 Å². The predicted octanol–water partition coefficient (Wildman–Crippen LogP) is 2.36. The Bertz CT molecular complexity index is 447. The van der Waals surface area contributed by atoms with Crippen LogP contribution in [0.1, 0.15) is 28.8 Å². The number of benzene rings is 1. The number of hydrogen-bond acceptors (Lipinski definition) is 3. The number of ketones is 1. The summed E-state index contributed by atoms with van der Waals surface area (Å²) >= 11 is 0. The fourth-order valence-corrected chi connectivity index (χ4v) is 2.02. The molecule has 1 heterocycles. The highest BCUT2D eigenvalue weighted by Gasteiger charge is 2.32. The van der Waals surface area contributed by atoms with Crippen molar-refractivity contribution in [2.75, 3.05) is 13.2 Å². The van der Waals surface area contributed by atoms with Crippen LogP contribution in [-0.4, -0.2) is 19.0 Å². The summed E-state index contributed by atoms with van der Waals surface area (Å²) in [7, 11) is 0. The Morgan fingerprint density at radius 2 is 1.81 bits per heavy atom. The van der Waals surface area contributed by atoms with E-state index in [-0.39, 0.29) is 11.7 Å². The van der Waals surface area contributed by atoms with Gasteiger partial charge in [0.25, 0.3) is 0 Å². The lowest BCUT2D eigenvalue weighted by atomic mass is 10.0. The van der Waals surface area contributed by atoms with Gasteiger partial charge in [-0.3, -0.25) is 4.79 Å². The molecule has 2 aliphatic rings. The van der Waals surface area contributed by atoms with Crippen molar-refractivity contribution in [2.24, 2.45) is 5.92 Å². The Morgan fingerprint density at radius 1 is 1.19 bits per heavy atom. The Kier molecular flexibility index (Phi) is 2.13. The van der Waals surface area contributed by atoms with Crippen LogP contribution < -0.4 is 9.47 Å². The van der Waals surface area contributed by atoms with Crippen LogP contribution in [0.2, 0.25) is 0 Å². The maximum atomic E-state index is 12.0. The zero-order chi connectivity index (χ0) is 11.1. The van der Waals surface area contributed by atoms with Crippen molar-refractivity contribution in [3.05, 3.63) is 23.3 Å². The van der Waals surface area contributed by atoms with Gasteiger partial charge in [-0.2, -0.15) is 0 Å². The van der Waals surface area contributed by atoms with Crippen LogP contribution in [0.4, 0.5) is 0 Å². The second-order valence-corrected chi connectivity index (χ2v) is 4.45. The second-order valence-electron chi connectivity index (χ2n) is 4.45. The first-order chi connectivity index (χ1) is 7.75. The summed E-state index contributed by atoms with van der Waals surface area (Å²) in [4.78, 5) is 12.0. The number of hydrogen-bond donors (Lipinski definition) is 0. The van der Waals surface area contributed by atoms with Gasteiger partial charge >= 0.3 is 0 Å². The summed E-state index contributed by atoms with van der Waals surface area (Å²) in [6, 6.07) is 3.74. The van der Waals surface area contributed by atoms with E-state index < -0.39 is 0 Å². The highest BCUT2D eigenvalue weighted by atomic mass is 16.6. The van der Waals surface area contributed by atoms with Crippen LogP contribution in [0.15, 0.2) is 12.1 Å². The van der Waals surface area contributed by atoms with Crippen LogP contribution in [0.3, 0.4) is 0 Å². The highest BCUT2D eigenvalue weighted by Crippen LogP contribution is 2.38. The standard InChI is InChI=1S/C13H14O3/c1-8-6-11-12(16-5-4-15-11)7-10(8)13(14)9-2-3-9/h6-7,9H,2-5H2,1H3. The largest absolute Gasteiger partial charge is 0.486 e. The van der Waals surface area contributed by atoms with Crippen LogP contribution in [0, 0.1) is 12.8 Å². The number of aryl methyl sites for hydroxylation is 1. The van der Waals surface area contributed by atoms with Gasteiger partial charge in [0.2, 0.25) is 0 Å². The molecule has 1 aliphatic heterocycles. The predicted molar refractivity (Wildman–Crippen MR) is 59.2 cm³/mol. The SMILES string of the molecule is Cc1cc2c(cc1C(=O)C1CC1)OCCO2. The molecular weight excluding hydrogens is 204 g/mol. The summed E-state index contributed by atoms with van der Waals surface area (Å²) in [5, 5.41) is 0. The summed E-state index contributed by atoms with van der Waals surface area (Å²) < 4.78 is 11.0. The summed E-state index contributed by atoms with van der Waals surface area (Å²) in [6.07, 6.45) is 2.07. The van der Waals surface area contributed by atoms with E-state index in [0.29, 0.717) is 19.0 Å². The number of Topliss-reactive ketones (excluding diaryl/α,β-unsaturated/α-hetero) is 1. The zero-order valence-electron chi connectivity index (χ0n) is 9.29. The Balaban J connectivity index is 2.01. The Hall–Kier alpha value is -1.51. The van der Waals surface area contributed by atoms with Crippen LogP contribution in [0.5, 0.6) is 11.5 Å². The van der Waals surface area contributed by atoms with Crippen molar-refractivity contribution in [2.45, 2.75) is 19.8 Å². The molecule has 3 rings (SSSR count). The molecule has 0 radical (unpaired) electrons. The quantitative estimate of drug-likeness (QED) is 0.715. The fourth-order valence-electron chi connectivity index (χ4n) is 2.02. The van der Waals surface area contributed by atoms with Crippen molar-refractivity contribution >= 4 is 5.78 Å². The van der Waals surface area contributed by atoms with Crippen molar-refractivity contribution in [1.29, 1.82) is 0 Å². The van der Waals surface area contributed by atoms with Gasteiger partial charge in [-0.25, -0.2) is 0 Å². The van der Waals surface area contributed by atoms with Gasteiger partial charge in [-0.1, -0.05) is 0 Å². The van der Waals surface area contributed by atoms with Gasteiger partial charge in [0, 0.05) is 11.5 Å². The van der Waals surface area contributed by atoms with E-state index in [1.54, 1.807) is 0 Å². The average molecular weight is 218 g/mol. The number of rotatable bonds is 2. The van der Waals surface area contributed by atoms with Crippen molar-refractivity contribution in [3.63, 3.8) is 0 Å². The average Bonchev–Trinajstić information content (AvgIpc) is 3.11. The van der Waals surface area contributed by atoms with E-state index >= 15 is 0 Å². The smallest absolute Gasteiger partial charge is 0.166 e. The van der Waals surface area contributed by atoms with E-state index in [9.17, 15) is 4.79 Å². The number of fused-ring (bicyclic) bond motifs is 1. The molecule has 0 bridgehead atoms. The summed E-state index contributed by atoms with van der Waals surface area (Å²) in [5.74, 6) is 1.98. The molecule has 16 heavy (non-hydrogen) atoms. The molecule has 1 aromatic carbocycles. The molecule has 0 aromatic heterocycles. The van der Waals surface area contributed by atoms with Crippen molar-refractivity contribution < 1.29 is 14.3 Å². The van der Waals surface area contributed by atoms with Crippen LogP contribution in [0.25, 0.3) is 0 Å². The first-order valence-electron chi connectivity index (χ1n) is 5.70. The second kappa shape index (κ2) is 3.51. The number of carbonyl (C=O) groups is 1. The molecule has 1 aliphatic carbocycles. The topological polar surface area (TPSA) is 35.5 Å². The number of ether oxygens (including phenoxy) is 2. The van der Waals surface area contributed by atoms with Gasteiger partial charge in [0.1, 0.15) is 13.2 Å². The van der Waals surface area contributed by atoms with Gasteiger partial charge in [-0.15, -0.1) is 0 Å². The molecule has 84 valence electrons. The van der Waals surface area contributed by atoms with Crippen molar-refractivity contribution in [3.8, 4) is 11.5 Å². The van der Waals surface area contributed by atoms with E-state index in [1.807, 2.05) is 19.1 Å². The zero-order valence-corrected chi connectivity index (χ0v) is 9.29. The van der Waals surface area contributed by atoms with Gasteiger partial charge in [-0.05, 0) is 37.5 Å². The summed E-state index contributed by atoms with van der Waals surface area (Å²) in [6.45, 7) is 3.10. The van der Waals surface area contributed by atoms with Gasteiger partial charge in [0.15, 0.2) is 17.3 Å². The molecular formula is C13H14O3. The third-order valence-corrected chi connectivity index (χ3v) is 3.10. The molecule has 0 spiro atoms. The minimum Gasteiger partial charge on any atom is -0.486 e. The molecule has 3 nitrogen and oxygen atoms in total. The van der Waals surface area contributed by atoms with E-state index in [4.69, 9.17) is 9.47 Å². The monoisotopic (exact) mass is 218 g/mol. The highest BCUT2D eigenvalue weighted by molar-refractivity contribution is 6.01. The Labute approximate surface area is 94.4 Å². The Morgan fingerprint density at radius 3 is 2.44 bits per heavy atom. The molecule has 3 heteroatoms. The molecule has 1 fully saturated rings. The maximum absolute atomic E-state index is 12.0. The van der Waals surface area contributed by atoms with E-state index in [1.165, 1.54) is 0 Å². The molecule has 0 N–H and O–H groups in total. The van der Waals surface area contributed by atoms with Crippen LogP contribution >= 0.6 is 0 Å². The normalized spacial score (nSPS) is 18.3. The molecule has 1 saturated carbocycles. The first kappa shape index (κ1) is 9.70. The van der Waals surface area contributed by atoms with E-state index in [2.05, 4.69) is 0 Å². The number of carbonyl (C=O) groups excluding carboxylic acids is 1. The van der Waals surface area contributed by atoms with E-state index in [0.717, 1.165) is 29.7 Å². The molecule has 1 aromatic rings.